The molecule has 3 nitrogen and oxygen atoms in total. The highest BCUT2D eigenvalue weighted by Gasteiger charge is 2.22. The number of methoxy groups -OCH3 is 1. The van der Waals surface area contributed by atoms with Crippen molar-refractivity contribution in [3.8, 4) is 5.75 Å². The van der Waals surface area contributed by atoms with Crippen molar-refractivity contribution in [1.29, 1.82) is 0 Å². The first-order valence-corrected chi connectivity index (χ1v) is 8.96. The molecule has 1 amide bonds. The molecule has 1 N–H and O–H groups in total. The molecule has 0 aliphatic carbocycles. The maximum absolute atomic E-state index is 13.2. The number of benzene rings is 3. The number of nitrogens with one attached hydrogen (secondary N) is 1. The Balaban J connectivity index is 1.81. The summed E-state index contributed by atoms with van der Waals surface area (Å²) in [6.45, 7) is 0. The molecule has 132 valence electrons. The van der Waals surface area contributed by atoms with Crippen LogP contribution in [0.4, 0.5) is 10.1 Å². The van der Waals surface area contributed by atoms with Gasteiger partial charge in [-0.15, -0.1) is 11.8 Å². The molecule has 3 rings (SSSR count). The minimum absolute atomic E-state index is 0.143. The highest BCUT2D eigenvalue weighted by molar-refractivity contribution is 8.00. The van der Waals surface area contributed by atoms with Crippen molar-refractivity contribution in [3.05, 3.63) is 90.2 Å². The largest absolute Gasteiger partial charge is 0.497 e. The zero-order valence-corrected chi connectivity index (χ0v) is 15.0. The van der Waals surface area contributed by atoms with Gasteiger partial charge in [-0.25, -0.2) is 4.39 Å². The molecule has 0 saturated heterocycles. The Bertz CT molecular complexity index is 851. The van der Waals surface area contributed by atoms with Gasteiger partial charge in [0.15, 0.2) is 0 Å². The van der Waals surface area contributed by atoms with Crippen LogP contribution < -0.4 is 10.1 Å². The molecule has 0 aliphatic rings. The number of hydrogen-bond acceptors (Lipinski definition) is 3. The van der Waals surface area contributed by atoms with Crippen molar-refractivity contribution in [2.75, 3.05) is 12.4 Å². The number of anilines is 1. The topological polar surface area (TPSA) is 38.3 Å². The number of rotatable bonds is 6. The molecule has 0 saturated carbocycles. The second-order valence-electron chi connectivity index (χ2n) is 5.58. The molecule has 0 spiro atoms. The monoisotopic (exact) mass is 367 g/mol. The van der Waals surface area contributed by atoms with Crippen molar-refractivity contribution < 1.29 is 13.9 Å². The smallest absolute Gasteiger partial charge is 0.242 e. The second kappa shape index (κ2) is 8.54. The lowest BCUT2D eigenvalue weighted by Gasteiger charge is -2.17. The SMILES string of the molecule is COc1ccc(NC(=O)[C@H](Sc2ccc(F)cc2)c2ccccc2)cc1. The van der Waals surface area contributed by atoms with Gasteiger partial charge in [-0.2, -0.15) is 0 Å². The minimum atomic E-state index is -0.455. The molecule has 1 atom stereocenters. The zero-order valence-electron chi connectivity index (χ0n) is 14.2. The molecule has 0 heterocycles. The third-order valence-corrected chi connectivity index (χ3v) is 5.03. The van der Waals surface area contributed by atoms with Crippen LogP contribution in [0.25, 0.3) is 0 Å². The van der Waals surface area contributed by atoms with Crippen LogP contribution in [0, 0.1) is 5.82 Å². The van der Waals surface area contributed by atoms with E-state index in [1.807, 2.05) is 30.3 Å². The summed E-state index contributed by atoms with van der Waals surface area (Å²) in [7, 11) is 1.60. The number of carbonyl (C=O) groups is 1. The number of amides is 1. The lowest BCUT2D eigenvalue weighted by atomic mass is 10.1. The summed E-state index contributed by atoms with van der Waals surface area (Å²) in [5, 5.41) is 2.48. The predicted octanol–water partition coefficient (Wildman–Crippen LogP) is 5.31. The third kappa shape index (κ3) is 4.64. The van der Waals surface area contributed by atoms with Gasteiger partial charge in [0.05, 0.1) is 7.11 Å². The average molecular weight is 367 g/mol. The Morgan fingerprint density at radius 3 is 2.23 bits per heavy atom. The summed E-state index contributed by atoms with van der Waals surface area (Å²) in [5.41, 5.74) is 1.57. The van der Waals surface area contributed by atoms with Crippen LogP contribution in [-0.4, -0.2) is 13.0 Å². The van der Waals surface area contributed by atoms with E-state index >= 15 is 0 Å². The molecular formula is C21H18FNO2S. The maximum Gasteiger partial charge on any atom is 0.242 e. The quantitative estimate of drug-likeness (QED) is 0.600. The molecule has 5 heteroatoms. The Kier molecular flexibility index (Phi) is 5.92. The fraction of sp³-hybridized carbons (Fsp3) is 0.0952. The molecule has 0 radical (unpaired) electrons. The predicted molar refractivity (Wildman–Crippen MR) is 103 cm³/mol. The molecule has 0 unspecified atom stereocenters. The van der Waals surface area contributed by atoms with Crippen LogP contribution in [0.1, 0.15) is 10.8 Å². The summed E-state index contributed by atoms with van der Waals surface area (Å²) in [6, 6.07) is 22.8. The lowest BCUT2D eigenvalue weighted by molar-refractivity contribution is -0.115. The van der Waals surface area contributed by atoms with Gasteiger partial charge < -0.3 is 10.1 Å². The first-order valence-electron chi connectivity index (χ1n) is 8.08. The third-order valence-electron chi connectivity index (χ3n) is 3.77. The molecule has 0 fully saturated rings. The number of ether oxygens (including phenoxy) is 1. The number of halogens is 1. The second-order valence-corrected chi connectivity index (χ2v) is 6.76. The van der Waals surface area contributed by atoms with Gasteiger partial charge in [-0.3, -0.25) is 4.79 Å². The molecule has 3 aromatic carbocycles. The average Bonchev–Trinajstić information content (AvgIpc) is 2.68. The maximum atomic E-state index is 13.2. The molecule has 0 aromatic heterocycles. The van der Waals surface area contributed by atoms with Crippen LogP contribution in [0.3, 0.4) is 0 Å². The lowest BCUT2D eigenvalue weighted by Crippen LogP contribution is -2.19. The van der Waals surface area contributed by atoms with Crippen LogP contribution in [0.15, 0.2) is 83.8 Å². The van der Waals surface area contributed by atoms with Gasteiger partial charge in [0.25, 0.3) is 0 Å². The highest BCUT2D eigenvalue weighted by Crippen LogP contribution is 2.36. The number of carbonyl (C=O) groups excluding carboxylic acids is 1. The van der Waals surface area contributed by atoms with Crippen LogP contribution in [-0.2, 0) is 4.79 Å². The van der Waals surface area contributed by atoms with Gasteiger partial charge in [-0.05, 0) is 54.1 Å². The number of hydrogen-bond donors (Lipinski definition) is 1. The first-order chi connectivity index (χ1) is 12.7. The van der Waals surface area contributed by atoms with E-state index in [0.717, 1.165) is 16.2 Å². The van der Waals surface area contributed by atoms with Gasteiger partial charge in [0, 0.05) is 10.6 Å². The van der Waals surface area contributed by atoms with Crippen molar-refractivity contribution in [3.63, 3.8) is 0 Å². The Morgan fingerprint density at radius 2 is 1.62 bits per heavy atom. The van der Waals surface area contributed by atoms with Gasteiger partial charge in [-0.1, -0.05) is 30.3 Å². The van der Waals surface area contributed by atoms with Gasteiger partial charge in [0.2, 0.25) is 5.91 Å². The van der Waals surface area contributed by atoms with Crippen LogP contribution in [0.2, 0.25) is 0 Å². The van der Waals surface area contributed by atoms with E-state index in [-0.39, 0.29) is 11.7 Å². The van der Waals surface area contributed by atoms with Crippen molar-refractivity contribution in [2.24, 2.45) is 0 Å². The summed E-state index contributed by atoms with van der Waals surface area (Å²) in [5.74, 6) is 0.285. The van der Waals surface area contributed by atoms with Crippen LogP contribution in [0.5, 0.6) is 5.75 Å². The van der Waals surface area contributed by atoms with E-state index in [9.17, 15) is 9.18 Å². The Hall–Kier alpha value is -2.79. The molecule has 0 bridgehead atoms. The molecule has 0 aliphatic heterocycles. The molecule has 26 heavy (non-hydrogen) atoms. The summed E-state index contributed by atoms with van der Waals surface area (Å²) < 4.78 is 18.3. The van der Waals surface area contributed by atoms with Crippen molar-refractivity contribution in [1.82, 2.24) is 0 Å². The Labute approximate surface area is 156 Å². The number of thioether (sulfide) groups is 1. The summed E-state index contributed by atoms with van der Waals surface area (Å²) in [6.07, 6.45) is 0. The van der Waals surface area contributed by atoms with E-state index in [4.69, 9.17) is 4.74 Å². The van der Waals surface area contributed by atoms with Crippen molar-refractivity contribution in [2.45, 2.75) is 10.1 Å². The van der Waals surface area contributed by atoms with Crippen molar-refractivity contribution >= 4 is 23.4 Å². The van der Waals surface area contributed by atoms with E-state index in [1.54, 1.807) is 43.5 Å². The highest BCUT2D eigenvalue weighted by atomic mass is 32.2. The summed E-state index contributed by atoms with van der Waals surface area (Å²) >= 11 is 1.38. The van der Waals surface area contributed by atoms with E-state index in [1.165, 1.54) is 23.9 Å². The normalized spacial score (nSPS) is 11.6. The van der Waals surface area contributed by atoms with Gasteiger partial charge >= 0.3 is 0 Å². The van der Waals surface area contributed by atoms with E-state index < -0.39 is 5.25 Å². The summed E-state index contributed by atoms with van der Waals surface area (Å²) in [4.78, 5) is 13.7. The van der Waals surface area contributed by atoms with E-state index in [2.05, 4.69) is 5.32 Å². The molecular weight excluding hydrogens is 349 g/mol. The zero-order chi connectivity index (χ0) is 18.4. The Morgan fingerprint density at radius 1 is 0.962 bits per heavy atom. The fourth-order valence-electron chi connectivity index (χ4n) is 2.43. The molecule has 3 aromatic rings. The van der Waals surface area contributed by atoms with Gasteiger partial charge in [0.1, 0.15) is 16.8 Å². The van der Waals surface area contributed by atoms with E-state index in [0.29, 0.717) is 5.69 Å². The minimum Gasteiger partial charge on any atom is -0.497 e. The van der Waals surface area contributed by atoms with Crippen LogP contribution >= 0.6 is 11.8 Å². The fourth-order valence-corrected chi connectivity index (χ4v) is 3.46. The first kappa shape index (κ1) is 18.0. The standard InChI is InChI=1S/C21H18FNO2S/c1-25-18-11-9-17(10-12-18)23-21(24)20(15-5-3-2-4-6-15)26-19-13-7-16(22)8-14-19/h2-14,20H,1H3,(H,23,24)/t20-/m1/s1.